The maximum absolute atomic E-state index is 13.9. The number of nitrogens with zero attached hydrogens (tertiary/aromatic N) is 1. The lowest BCUT2D eigenvalue weighted by molar-refractivity contribution is -0.139. The van der Waals surface area contributed by atoms with Gasteiger partial charge in [-0.2, -0.15) is 4.31 Å². The average molecular weight is 604 g/mol. The Kier molecular flexibility index (Phi) is 9.96. The molecule has 206 valence electrons. The first kappa shape index (κ1) is 29.4. The first-order chi connectivity index (χ1) is 18.6. The second-order valence-electron chi connectivity index (χ2n) is 9.11. The third kappa shape index (κ3) is 7.55. The highest BCUT2D eigenvalue weighted by molar-refractivity contribution is 7.99. The highest BCUT2D eigenvalue weighted by Gasteiger charge is 2.28. The Balaban J connectivity index is 1.50. The Morgan fingerprint density at radius 1 is 1.05 bits per heavy atom. The van der Waals surface area contributed by atoms with Crippen LogP contribution in [0.2, 0.25) is 5.02 Å². The van der Waals surface area contributed by atoms with Crippen molar-refractivity contribution in [1.29, 1.82) is 0 Å². The number of ether oxygens (including phenoxy) is 1. The van der Waals surface area contributed by atoms with Crippen molar-refractivity contribution < 1.29 is 23.1 Å². The van der Waals surface area contributed by atoms with Gasteiger partial charge in [0, 0.05) is 33.5 Å². The zero-order valence-corrected chi connectivity index (χ0v) is 24.9. The number of halogens is 1. The molecule has 10 heteroatoms. The Hall–Kier alpha value is -2.56. The quantitative estimate of drug-likeness (QED) is 0.165. The van der Waals surface area contributed by atoms with E-state index in [4.69, 9.17) is 21.4 Å². The zero-order chi connectivity index (χ0) is 28.0. The molecule has 39 heavy (non-hydrogen) atoms. The molecule has 1 aromatic heterocycles. The van der Waals surface area contributed by atoms with E-state index in [1.807, 2.05) is 56.3 Å². The molecule has 0 saturated carbocycles. The molecule has 0 aliphatic rings. The fourth-order valence-electron chi connectivity index (χ4n) is 4.27. The normalized spacial score (nSPS) is 11.8. The van der Waals surface area contributed by atoms with Crippen LogP contribution in [0.25, 0.3) is 10.1 Å². The van der Waals surface area contributed by atoms with E-state index < -0.39 is 22.6 Å². The van der Waals surface area contributed by atoms with Crippen LogP contribution in [0.1, 0.15) is 23.1 Å². The van der Waals surface area contributed by atoms with Crippen molar-refractivity contribution in [3.63, 3.8) is 0 Å². The second-order valence-corrected chi connectivity index (χ2v) is 13.9. The minimum atomic E-state index is -3.73. The van der Waals surface area contributed by atoms with Crippen molar-refractivity contribution in [1.82, 2.24) is 4.31 Å². The van der Waals surface area contributed by atoms with Crippen molar-refractivity contribution in [3.05, 3.63) is 88.4 Å². The SMILES string of the molecule is Cc1cc(SCCN(CCCc2ccccc2)S(=O)(=O)c2sc3ccc(Cl)cc3c2C)ccc1OCC(=O)O. The number of hydrogen-bond acceptors (Lipinski definition) is 6. The lowest BCUT2D eigenvalue weighted by Crippen LogP contribution is -2.34. The summed E-state index contributed by atoms with van der Waals surface area (Å²) in [5, 5.41) is 10.3. The van der Waals surface area contributed by atoms with Crippen molar-refractivity contribution in [2.45, 2.75) is 35.8 Å². The molecule has 0 unspecified atom stereocenters. The average Bonchev–Trinajstić information content (AvgIpc) is 3.24. The van der Waals surface area contributed by atoms with Gasteiger partial charge in [-0.3, -0.25) is 0 Å². The number of carboxylic acid groups (broad SMARTS) is 1. The number of thiophene rings is 1. The van der Waals surface area contributed by atoms with Gasteiger partial charge in [-0.25, -0.2) is 13.2 Å². The van der Waals surface area contributed by atoms with Crippen LogP contribution in [0.3, 0.4) is 0 Å². The molecule has 0 saturated heterocycles. The second kappa shape index (κ2) is 13.2. The van der Waals surface area contributed by atoms with Crippen LogP contribution < -0.4 is 4.74 Å². The van der Waals surface area contributed by atoms with E-state index in [0.29, 0.717) is 40.2 Å². The number of thioether (sulfide) groups is 1. The fraction of sp³-hybridized carbons (Fsp3) is 0.276. The molecule has 0 amide bonds. The van der Waals surface area contributed by atoms with Crippen molar-refractivity contribution >= 4 is 60.8 Å². The van der Waals surface area contributed by atoms with Crippen molar-refractivity contribution in [3.8, 4) is 5.75 Å². The van der Waals surface area contributed by atoms with Crippen LogP contribution in [0.5, 0.6) is 5.75 Å². The van der Waals surface area contributed by atoms with Crippen LogP contribution in [-0.4, -0.2) is 49.2 Å². The Bertz CT molecular complexity index is 1550. The monoisotopic (exact) mass is 603 g/mol. The van der Waals surface area contributed by atoms with Crippen LogP contribution in [0.15, 0.2) is 75.8 Å². The number of carboxylic acids is 1. The Morgan fingerprint density at radius 3 is 2.54 bits per heavy atom. The van der Waals surface area contributed by atoms with Crippen LogP contribution in [0, 0.1) is 13.8 Å². The number of rotatable bonds is 13. The van der Waals surface area contributed by atoms with Crippen molar-refractivity contribution in [2.24, 2.45) is 0 Å². The smallest absolute Gasteiger partial charge is 0.341 e. The summed E-state index contributed by atoms with van der Waals surface area (Å²) in [6.07, 6.45) is 1.50. The van der Waals surface area contributed by atoms with Gasteiger partial charge in [-0.15, -0.1) is 23.1 Å². The van der Waals surface area contributed by atoms with Gasteiger partial charge in [-0.05, 0) is 85.2 Å². The number of hydrogen-bond donors (Lipinski definition) is 1. The maximum Gasteiger partial charge on any atom is 0.341 e. The molecule has 1 N–H and O–H groups in total. The van der Waals surface area contributed by atoms with E-state index >= 15 is 0 Å². The van der Waals surface area contributed by atoms with Gasteiger partial charge < -0.3 is 9.84 Å². The summed E-state index contributed by atoms with van der Waals surface area (Å²) in [6, 6.07) is 21.1. The van der Waals surface area contributed by atoms with Gasteiger partial charge in [0.1, 0.15) is 9.96 Å². The van der Waals surface area contributed by atoms with Crippen molar-refractivity contribution in [2.75, 3.05) is 25.4 Å². The van der Waals surface area contributed by atoms with Gasteiger partial charge >= 0.3 is 5.97 Å². The predicted molar refractivity (Wildman–Crippen MR) is 160 cm³/mol. The van der Waals surface area contributed by atoms with E-state index in [-0.39, 0.29) is 0 Å². The molecule has 4 aromatic rings. The Labute approximate surface area is 242 Å². The van der Waals surface area contributed by atoms with Gasteiger partial charge in [0.2, 0.25) is 0 Å². The van der Waals surface area contributed by atoms with Crippen LogP contribution in [-0.2, 0) is 21.2 Å². The Morgan fingerprint density at radius 2 is 1.82 bits per heavy atom. The fourth-order valence-corrected chi connectivity index (χ4v) is 8.89. The molecule has 1 heterocycles. The van der Waals surface area contributed by atoms with Gasteiger partial charge in [0.25, 0.3) is 10.0 Å². The summed E-state index contributed by atoms with van der Waals surface area (Å²) < 4.78 is 36.1. The summed E-state index contributed by atoms with van der Waals surface area (Å²) in [4.78, 5) is 11.8. The van der Waals surface area contributed by atoms with Gasteiger partial charge in [0.15, 0.2) is 6.61 Å². The highest BCUT2D eigenvalue weighted by atomic mass is 35.5. The molecular weight excluding hydrogens is 574 g/mol. The molecule has 0 bridgehead atoms. The number of carbonyl (C=O) groups is 1. The molecule has 0 radical (unpaired) electrons. The first-order valence-electron chi connectivity index (χ1n) is 12.5. The summed E-state index contributed by atoms with van der Waals surface area (Å²) in [5.74, 6) is 0.0559. The molecule has 0 spiro atoms. The predicted octanol–water partition coefficient (Wildman–Crippen LogP) is 7.05. The molecule has 3 aromatic carbocycles. The topological polar surface area (TPSA) is 83.9 Å². The van der Waals surface area contributed by atoms with Crippen LogP contribution in [0.4, 0.5) is 0 Å². The van der Waals surface area contributed by atoms with Gasteiger partial charge in [-0.1, -0.05) is 41.9 Å². The third-order valence-electron chi connectivity index (χ3n) is 6.25. The minimum absolute atomic E-state index is 0.354. The van der Waals surface area contributed by atoms with E-state index in [1.165, 1.54) is 16.9 Å². The molecule has 6 nitrogen and oxygen atoms in total. The summed E-state index contributed by atoms with van der Waals surface area (Å²) in [5.41, 5.74) is 2.73. The maximum atomic E-state index is 13.9. The number of aliphatic carboxylic acids is 1. The van der Waals surface area contributed by atoms with E-state index in [0.717, 1.165) is 32.5 Å². The molecule has 4 rings (SSSR count). The lowest BCUT2D eigenvalue weighted by atomic mass is 10.1. The number of aryl methyl sites for hydroxylation is 3. The van der Waals surface area contributed by atoms with Gasteiger partial charge in [0.05, 0.1) is 0 Å². The van der Waals surface area contributed by atoms with E-state index in [9.17, 15) is 13.2 Å². The standard InChI is InChI=1S/C29H30ClNO5S3/c1-20-17-24(11-12-26(20)36-19-28(32)33)37-16-15-31(14-6-9-22-7-4-3-5-8-22)39(34,35)29-21(2)25-18-23(30)10-13-27(25)38-29/h3-5,7-8,10-13,17-18H,6,9,14-16,19H2,1-2H3,(H,32,33). The number of fused-ring (bicyclic) bond motifs is 1. The van der Waals surface area contributed by atoms with E-state index in [2.05, 4.69) is 12.1 Å². The summed E-state index contributed by atoms with van der Waals surface area (Å²) >= 11 is 9.03. The van der Waals surface area contributed by atoms with Crippen LogP contribution >= 0.6 is 34.7 Å². The number of sulfonamides is 1. The molecule has 0 aliphatic heterocycles. The number of benzene rings is 3. The molecular formula is C29H30ClNO5S3. The molecule has 0 atom stereocenters. The highest BCUT2D eigenvalue weighted by Crippen LogP contribution is 2.37. The zero-order valence-electron chi connectivity index (χ0n) is 21.7. The molecule has 0 aliphatic carbocycles. The van der Waals surface area contributed by atoms with E-state index in [1.54, 1.807) is 28.2 Å². The minimum Gasteiger partial charge on any atom is -0.482 e. The summed E-state index contributed by atoms with van der Waals surface area (Å²) in [6.45, 7) is 4.07. The largest absolute Gasteiger partial charge is 0.482 e. The first-order valence-corrected chi connectivity index (χ1v) is 16.1. The lowest BCUT2D eigenvalue weighted by Gasteiger charge is -2.22. The summed E-state index contributed by atoms with van der Waals surface area (Å²) in [7, 11) is -3.73. The molecule has 0 fully saturated rings. The third-order valence-corrected chi connectivity index (χ3v) is 11.2.